The van der Waals surface area contributed by atoms with Crippen LogP contribution in [0, 0.1) is 0 Å². The predicted octanol–water partition coefficient (Wildman–Crippen LogP) is 3.98. The van der Waals surface area contributed by atoms with Crippen molar-refractivity contribution in [3.63, 3.8) is 0 Å². The van der Waals surface area contributed by atoms with Crippen LogP contribution in [0.25, 0.3) is 17.1 Å². The molecule has 1 saturated carbocycles. The van der Waals surface area contributed by atoms with Crippen molar-refractivity contribution in [3.05, 3.63) is 48.0 Å². The highest BCUT2D eigenvalue weighted by atomic mass is 35.5. The molecule has 2 aromatic heterocycles. The van der Waals surface area contributed by atoms with Gasteiger partial charge in [-0.25, -0.2) is 4.68 Å². The van der Waals surface area contributed by atoms with E-state index in [4.69, 9.17) is 15.4 Å². The van der Waals surface area contributed by atoms with Gasteiger partial charge >= 0.3 is 0 Å². The maximum Gasteiger partial charge on any atom is 0.261 e. The van der Waals surface area contributed by atoms with E-state index >= 15 is 0 Å². The van der Waals surface area contributed by atoms with E-state index < -0.39 is 5.54 Å². The van der Waals surface area contributed by atoms with Crippen molar-refractivity contribution >= 4 is 12.4 Å². The van der Waals surface area contributed by atoms with Crippen molar-refractivity contribution in [2.45, 2.75) is 51.0 Å². The third-order valence-corrected chi connectivity index (χ3v) is 4.79. The van der Waals surface area contributed by atoms with Gasteiger partial charge in [0.2, 0.25) is 0 Å². The number of nitrogens with zero attached hydrogens (tertiary/aromatic N) is 4. The number of hydrogen-bond donors (Lipinski definition) is 1. The number of hydrogen-bond acceptors (Lipinski definition) is 5. The molecule has 3 aromatic rings. The molecule has 2 heterocycles. The van der Waals surface area contributed by atoms with E-state index in [-0.39, 0.29) is 17.8 Å². The summed E-state index contributed by atoms with van der Waals surface area (Å²) < 4.78 is 7.43. The summed E-state index contributed by atoms with van der Waals surface area (Å²) in [6, 6.07) is 10.0. The van der Waals surface area contributed by atoms with Crippen LogP contribution in [0.1, 0.15) is 51.6 Å². The van der Waals surface area contributed by atoms with Gasteiger partial charge in [0.15, 0.2) is 5.82 Å². The Balaban J connectivity index is 0.00000196. The monoisotopic (exact) mass is 373 g/mol. The first-order chi connectivity index (χ1) is 11.9. The summed E-state index contributed by atoms with van der Waals surface area (Å²) >= 11 is 0. The van der Waals surface area contributed by atoms with E-state index in [0.717, 1.165) is 36.2 Å². The predicted molar refractivity (Wildman–Crippen MR) is 103 cm³/mol. The van der Waals surface area contributed by atoms with Gasteiger partial charge in [0.05, 0.1) is 22.5 Å². The van der Waals surface area contributed by atoms with E-state index in [0.29, 0.717) is 11.7 Å². The third kappa shape index (κ3) is 3.15. The summed E-state index contributed by atoms with van der Waals surface area (Å²) in [6.07, 6.45) is 4.87. The summed E-state index contributed by atoms with van der Waals surface area (Å²) in [5, 5.41) is 8.93. The molecule has 0 saturated heterocycles. The Kier molecular flexibility index (Phi) is 4.67. The zero-order chi connectivity index (χ0) is 17.7. The number of para-hydroxylation sites is 1. The van der Waals surface area contributed by atoms with Crippen LogP contribution in [-0.2, 0) is 11.0 Å². The van der Waals surface area contributed by atoms with Gasteiger partial charge in [-0.15, -0.1) is 12.4 Å². The van der Waals surface area contributed by atoms with Crippen molar-refractivity contribution in [3.8, 4) is 17.1 Å². The zero-order valence-corrected chi connectivity index (χ0v) is 16.1. The lowest BCUT2D eigenvalue weighted by atomic mass is 9.77. The van der Waals surface area contributed by atoms with Crippen LogP contribution >= 0.6 is 12.4 Å². The number of benzene rings is 1. The van der Waals surface area contributed by atoms with Crippen LogP contribution in [0.2, 0.25) is 0 Å². The number of rotatable bonds is 3. The van der Waals surface area contributed by atoms with Gasteiger partial charge in [-0.3, -0.25) is 0 Å². The lowest BCUT2D eigenvalue weighted by Gasteiger charge is -2.34. The Morgan fingerprint density at radius 3 is 2.42 bits per heavy atom. The van der Waals surface area contributed by atoms with Crippen LogP contribution < -0.4 is 5.73 Å². The molecule has 7 heteroatoms. The maximum absolute atomic E-state index is 6.33. The molecule has 26 heavy (non-hydrogen) atoms. The highest BCUT2D eigenvalue weighted by Crippen LogP contribution is 2.39. The second-order valence-electron chi connectivity index (χ2n) is 7.85. The van der Waals surface area contributed by atoms with Crippen molar-refractivity contribution < 1.29 is 4.52 Å². The van der Waals surface area contributed by atoms with Gasteiger partial charge in [-0.1, -0.05) is 44.1 Å². The van der Waals surface area contributed by atoms with E-state index in [1.165, 1.54) is 0 Å². The summed E-state index contributed by atoms with van der Waals surface area (Å²) in [5.74, 6) is 1.08. The van der Waals surface area contributed by atoms with Crippen LogP contribution in [0.4, 0.5) is 0 Å². The van der Waals surface area contributed by atoms with Crippen LogP contribution in [0.5, 0.6) is 0 Å². The molecule has 1 aliphatic rings. The van der Waals surface area contributed by atoms with Crippen molar-refractivity contribution in [1.82, 2.24) is 19.9 Å². The molecule has 4 rings (SSSR count). The molecule has 1 aliphatic carbocycles. The Morgan fingerprint density at radius 1 is 1.15 bits per heavy atom. The fourth-order valence-corrected chi connectivity index (χ4v) is 3.11. The molecular formula is C19H24ClN5O. The molecule has 0 spiro atoms. The summed E-state index contributed by atoms with van der Waals surface area (Å²) in [7, 11) is 0. The maximum atomic E-state index is 6.33. The quantitative estimate of drug-likeness (QED) is 0.750. The second kappa shape index (κ2) is 6.52. The molecule has 0 unspecified atom stereocenters. The summed E-state index contributed by atoms with van der Waals surface area (Å²) in [6.45, 7) is 6.38. The average molecular weight is 374 g/mol. The van der Waals surface area contributed by atoms with E-state index in [2.05, 4.69) is 30.9 Å². The van der Waals surface area contributed by atoms with Crippen molar-refractivity contribution in [2.75, 3.05) is 0 Å². The Hall–Kier alpha value is -2.18. The van der Waals surface area contributed by atoms with Crippen molar-refractivity contribution in [2.24, 2.45) is 5.73 Å². The Labute approximate surface area is 159 Å². The van der Waals surface area contributed by atoms with Gasteiger partial charge in [-0.05, 0) is 31.4 Å². The third-order valence-electron chi connectivity index (χ3n) is 4.79. The normalized spacial score (nSPS) is 16.0. The summed E-state index contributed by atoms with van der Waals surface area (Å²) in [4.78, 5) is 4.60. The average Bonchev–Trinajstić information content (AvgIpc) is 3.20. The standard InChI is InChI=1S/C19H23N5O.ClH/c1-18(2,3)15-14(12-24(22-15)13-8-5-4-6-9-13)16-21-17(23-25-16)19(20)10-7-11-19;/h4-6,8-9,12H,7,10-11,20H2,1-3H3;1H. The van der Waals surface area contributed by atoms with Crippen LogP contribution in [0.15, 0.2) is 41.1 Å². The van der Waals surface area contributed by atoms with Crippen molar-refractivity contribution in [1.29, 1.82) is 0 Å². The molecule has 6 nitrogen and oxygen atoms in total. The molecule has 0 atom stereocenters. The first-order valence-corrected chi connectivity index (χ1v) is 8.66. The molecule has 0 radical (unpaired) electrons. The lowest BCUT2D eigenvalue weighted by Crippen LogP contribution is -2.44. The fourth-order valence-electron chi connectivity index (χ4n) is 3.11. The molecule has 0 aliphatic heterocycles. The number of halogens is 1. The first kappa shape index (κ1) is 18.6. The minimum Gasteiger partial charge on any atom is -0.334 e. The van der Waals surface area contributed by atoms with E-state index in [1.54, 1.807) is 0 Å². The topological polar surface area (TPSA) is 82.8 Å². The SMILES string of the molecule is CC(C)(C)c1nn(-c2ccccc2)cc1-c1nc(C2(N)CCC2)no1.Cl. The van der Waals surface area contributed by atoms with Gasteiger partial charge < -0.3 is 10.3 Å². The van der Waals surface area contributed by atoms with Gasteiger partial charge in [-0.2, -0.15) is 10.1 Å². The first-order valence-electron chi connectivity index (χ1n) is 8.66. The summed E-state index contributed by atoms with van der Waals surface area (Å²) in [5.41, 5.74) is 8.52. The highest BCUT2D eigenvalue weighted by Gasteiger charge is 2.39. The minimum absolute atomic E-state index is 0. The Bertz CT molecular complexity index is 890. The molecule has 2 N–H and O–H groups in total. The molecule has 138 valence electrons. The molecular weight excluding hydrogens is 350 g/mol. The lowest BCUT2D eigenvalue weighted by molar-refractivity contribution is 0.229. The van der Waals surface area contributed by atoms with Crippen LogP contribution in [-0.4, -0.2) is 19.9 Å². The fraction of sp³-hybridized carbons (Fsp3) is 0.421. The van der Waals surface area contributed by atoms with Gasteiger partial charge in [0.1, 0.15) is 0 Å². The molecule has 0 bridgehead atoms. The number of nitrogens with two attached hydrogens (primary N) is 1. The van der Waals surface area contributed by atoms with Gasteiger partial charge in [0.25, 0.3) is 5.89 Å². The van der Waals surface area contributed by atoms with Crippen LogP contribution in [0.3, 0.4) is 0 Å². The Morgan fingerprint density at radius 2 is 1.85 bits per heavy atom. The number of aromatic nitrogens is 4. The zero-order valence-electron chi connectivity index (χ0n) is 15.3. The van der Waals surface area contributed by atoms with E-state index in [9.17, 15) is 0 Å². The smallest absolute Gasteiger partial charge is 0.261 e. The second-order valence-corrected chi connectivity index (χ2v) is 7.85. The van der Waals surface area contributed by atoms with Gasteiger partial charge in [0, 0.05) is 11.6 Å². The molecule has 1 aromatic carbocycles. The largest absolute Gasteiger partial charge is 0.334 e. The minimum atomic E-state index is -0.431. The molecule has 1 fully saturated rings. The molecule has 0 amide bonds. The highest BCUT2D eigenvalue weighted by molar-refractivity contribution is 5.85. The van der Waals surface area contributed by atoms with E-state index in [1.807, 2.05) is 41.2 Å².